The number of carbonyl (C=O) groups excluding carboxylic acids is 1. The van der Waals surface area contributed by atoms with Crippen molar-refractivity contribution in [1.82, 2.24) is 4.90 Å². The lowest BCUT2D eigenvalue weighted by Gasteiger charge is -2.72. The monoisotopic (exact) mass is 327 g/mol. The van der Waals surface area contributed by atoms with Gasteiger partial charge < -0.3 is 4.90 Å². The Balaban J connectivity index is 1.61. The standard InChI is InChI=1S/C22H33NO/c1-15-12-21-9-5-17(15)11-19(21)22-8-4-7-20(3,18(22)6-10-21)13-23(14-22)16(2)24/h17-19H,1,4-14H2,2-3H3/t17-,18+,19+,20-,21+,22-/m0/s1. The predicted octanol–water partition coefficient (Wildman–Crippen LogP) is 4.80. The minimum atomic E-state index is 0.311. The van der Waals surface area contributed by atoms with Crippen LogP contribution in [0.2, 0.25) is 0 Å². The molecule has 132 valence electrons. The molecule has 1 heterocycles. The summed E-state index contributed by atoms with van der Waals surface area (Å²) in [4.78, 5) is 14.6. The fourth-order valence-corrected chi connectivity index (χ4v) is 8.61. The van der Waals surface area contributed by atoms with Gasteiger partial charge in [-0.05, 0) is 85.4 Å². The third-order valence-electron chi connectivity index (χ3n) is 9.44. The lowest BCUT2D eigenvalue weighted by atomic mass is 9.35. The molecule has 0 N–H and O–H groups in total. The maximum Gasteiger partial charge on any atom is 0.219 e. The topological polar surface area (TPSA) is 20.3 Å². The number of rotatable bonds is 0. The molecule has 24 heavy (non-hydrogen) atoms. The zero-order chi connectivity index (χ0) is 16.7. The first-order chi connectivity index (χ1) is 11.4. The SMILES string of the molecule is C=C1C[C@]23CC[C@H]1C[C@H]2[C@@]12CCC[C@@](C)(CN(C(C)=O)C1)[C@H]2CC3. The summed E-state index contributed by atoms with van der Waals surface area (Å²) in [6.45, 7) is 10.8. The van der Waals surface area contributed by atoms with Crippen molar-refractivity contribution in [3.05, 3.63) is 12.2 Å². The van der Waals surface area contributed by atoms with Crippen LogP contribution in [0.3, 0.4) is 0 Å². The molecule has 0 unspecified atom stereocenters. The van der Waals surface area contributed by atoms with Crippen LogP contribution in [-0.4, -0.2) is 23.9 Å². The molecule has 6 fully saturated rings. The van der Waals surface area contributed by atoms with E-state index in [2.05, 4.69) is 18.4 Å². The number of carbonyl (C=O) groups is 1. The van der Waals surface area contributed by atoms with Crippen LogP contribution in [0.1, 0.15) is 71.6 Å². The number of nitrogens with zero attached hydrogens (tertiary/aromatic N) is 1. The molecule has 6 atom stereocenters. The molecule has 0 aromatic rings. The largest absolute Gasteiger partial charge is 0.342 e. The van der Waals surface area contributed by atoms with Crippen molar-refractivity contribution in [3.63, 3.8) is 0 Å². The van der Waals surface area contributed by atoms with Gasteiger partial charge in [-0.1, -0.05) is 25.5 Å². The highest BCUT2D eigenvalue weighted by Crippen LogP contribution is 2.73. The second-order valence-corrected chi connectivity index (χ2v) is 10.4. The molecule has 1 amide bonds. The van der Waals surface area contributed by atoms with Crippen molar-refractivity contribution in [2.45, 2.75) is 71.6 Å². The molecule has 6 rings (SSSR count). The van der Waals surface area contributed by atoms with E-state index in [4.69, 9.17) is 0 Å². The van der Waals surface area contributed by atoms with E-state index < -0.39 is 0 Å². The Kier molecular flexibility index (Phi) is 3.01. The summed E-state index contributed by atoms with van der Waals surface area (Å²) >= 11 is 0. The van der Waals surface area contributed by atoms with Crippen molar-refractivity contribution < 1.29 is 4.79 Å². The Morgan fingerprint density at radius 1 is 1.12 bits per heavy atom. The van der Waals surface area contributed by atoms with Crippen molar-refractivity contribution in [3.8, 4) is 0 Å². The number of hydrogen-bond donors (Lipinski definition) is 0. The molecule has 0 radical (unpaired) electrons. The Hall–Kier alpha value is -0.790. The van der Waals surface area contributed by atoms with Crippen molar-refractivity contribution in [1.29, 1.82) is 0 Å². The van der Waals surface area contributed by atoms with Crippen LogP contribution in [0.4, 0.5) is 0 Å². The number of allylic oxidation sites excluding steroid dienone is 1. The number of piperidine rings is 1. The average Bonchev–Trinajstić information content (AvgIpc) is 2.52. The van der Waals surface area contributed by atoms with Crippen LogP contribution in [0.15, 0.2) is 12.2 Å². The Bertz CT molecular complexity index is 611. The number of likely N-dealkylation sites (tertiary alicyclic amines) is 1. The first kappa shape index (κ1) is 15.5. The number of amides is 1. The van der Waals surface area contributed by atoms with Crippen molar-refractivity contribution >= 4 is 5.91 Å². The summed E-state index contributed by atoms with van der Waals surface area (Å²) in [7, 11) is 0. The van der Waals surface area contributed by atoms with Gasteiger partial charge in [-0.25, -0.2) is 0 Å². The first-order valence-corrected chi connectivity index (χ1v) is 10.3. The van der Waals surface area contributed by atoms with Crippen LogP contribution in [-0.2, 0) is 4.79 Å². The third kappa shape index (κ3) is 1.76. The van der Waals surface area contributed by atoms with Crippen LogP contribution in [0.5, 0.6) is 0 Å². The second kappa shape index (κ2) is 4.68. The van der Waals surface area contributed by atoms with Crippen LogP contribution in [0, 0.1) is 34.0 Å². The van der Waals surface area contributed by atoms with E-state index in [1.165, 1.54) is 57.8 Å². The molecule has 2 nitrogen and oxygen atoms in total. The van der Waals surface area contributed by atoms with E-state index in [-0.39, 0.29) is 0 Å². The van der Waals surface area contributed by atoms with Crippen molar-refractivity contribution in [2.75, 3.05) is 13.1 Å². The van der Waals surface area contributed by atoms with Crippen LogP contribution < -0.4 is 0 Å². The van der Waals surface area contributed by atoms with Gasteiger partial charge in [-0.3, -0.25) is 4.79 Å². The van der Waals surface area contributed by atoms with Gasteiger partial charge in [0.2, 0.25) is 5.91 Å². The summed E-state index contributed by atoms with van der Waals surface area (Å²) in [5.74, 6) is 2.81. The Morgan fingerprint density at radius 3 is 2.67 bits per heavy atom. The Morgan fingerprint density at radius 2 is 1.92 bits per heavy atom. The van der Waals surface area contributed by atoms with Gasteiger partial charge in [0.15, 0.2) is 0 Å². The highest BCUT2D eigenvalue weighted by atomic mass is 16.2. The fourth-order valence-electron chi connectivity index (χ4n) is 8.61. The zero-order valence-corrected chi connectivity index (χ0v) is 15.6. The molecule has 0 aromatic carbocycles. The summed E-state index contributed by atoms with van der Waals surface area (Å²) < 4.78 is 0. The van der Waals surface area contributed by atoms with E-state index in [1.807, 2.05) is 0 Å². The van der Waals surface area contributed by atoms with Crippen LogP contribution in [0.25, 0.3) is 0 Å². The smallest absolute Gasteiger partial charge is 0.219 e. The summed E-state index contributed by atoms with van der Waals surface area (Å²) in [6, 6.07) is 0. The molecule has 2 heteroatoms. The summed E-state index contributed by atoms with van der Waals surface area (Å²) in [6.07, 6.45) is 12.5. The Labute approximate surface area is 147 Å². The lowest BCUT2D eigenvalue weighted by molar-refractivity contribution is -0.217. The fraction of sp³-hybridized carbons (Fsp3) is 0.864. The van der Waals surface area contributed by atoms with Gasteiger partial charge in [-0.2, -0.15) is 0 Å². The molecular formula is C22H33NO. The summed E-state index contributed by atoms with van der Waals surface area (Å²) in [5.41, 5.74) is 2.90. The molecule has 0 aromatic heterocycles. The number of hydrogen-bond acceptors (Lipinski definition) is 1. The van der Waals surface area contributed by atoms with E-state index in [0.29, 0.717) is 22.2 Å². The van der Waals surface area contributed by atoms with E-state index in [1.54, 1.807) is 12.5 Å². The van der Waals surface area contributed by atoms with Crippen molar-refractivity contribution in [2.24, 2.45) is 34.0 Å². The molecular weight excluding hydrogens is 294 g/mol. The molecule has 1 saturated heterocycles. The predicted molar refractivity (Wildman–Crippen MR) is 96.4 cm³/mol. The lowest BCUT2D eigenvalue weighted by Crippen LogP contribution is -2.69. The molecule has 5 aliphatic carbocycles. The zero-order valence-electron chi connectivity index (χ0n) is 15.6. The minimum Gasteiger partial charge on any atom is -0.342 e. The van der Waals surface area contributed by atoms with E-state index >= 15 is 0 Å². The second-order valence-electron chi connectivity index (χ2n) is 10.4. The van der Waals surface area contributed by atoms with Gasteiger partial charge in [0, 0.05) is 20.0 Å². The highest BCUT2D eigenvalue weighted by molar-refractivity contribution is 5.73. The number of fused-ring (bicyclic) bond motifs is 2. The van der Waals surface area contributed by atoms with Crippen LogP contribution >= 0.6 is 0 Å². The minimum absolute atomic E-state index is 0.311. The molecule has 6 aliphatic rings. The normalized spacial score (nSPS) is 52.7. The van der Waals surface area contributed by atoms with Gasteiger partial charge in [0.05, 0.1) is 0 Å². The highest BCUT2D eigenvalue weighted by Gasteiger charge is 2.67. The van der Waals surface area contributed by atoms with Gasteiger partial charge >= 0.3 is 0 Å². The molecule has 1 aliphatic heterocycles. The van der Waals surface area contributed by atoms with Gasteiger partial charge in [0.1, 0.15) is 0 Å². The van der Waals surface area contributed by atoms with Gasteiger partial charge in [0.25, 0.3) is 0 Å². The maximum absolute atomic E-state index is 12.3. The third-order valence-corrected chi connectivity index (χ3v) is 9.44. The molecule has 1 spiro atoms. The van der Waals surface area contributed by atoms with E-state index in [9.17, 15) is 4.79 Å². The molecule has 4 bridgehead atoms. The summed E-state index contributed by atoms with van der Waals surface area (Å²) in [5, 5.41) is 0. The first-order valence-electron chi connectivity index (χ1n) is 10.3. The maximum atomic E-state index is 12.3. The molecule has 5 saturated carbocycles. The van der Waals surface area contributed by atoms with Gasteiger partial charge in [-0.15, -0.1) is 0 Å². The quantitative estimate of drug-likeness (QED) is 0.585. The average molecular weight is 328 g/mol. The van der Waals surface area contributed by atoms with E-state index in [0.717, 1.165) is 30.8 Å².